The second-order valence-corrected chi connectivity index (χ2v) is 5.42. The number of carbonyl (C=O) groups is 1. The molecule has 1 fully saturated rings. The molecule has 0 radical (unpaired) electrons. The van der Waals surface area contributed by atoms with E-state index in [0.29, 0.717) is 12.8 Å². The molecule has 8 heteroatoms. The Morgan fingerprint density at radius 2 is 2.09 bits per heavy atom. The highest BCUT2D eigenvalue weighted by atomic mass is 19.4. The predicted molar refractivity (Wildman–Crippen MR) is 74.1 cm³/mol. The van der Waals surface area contributed by atoms with Crippen LogP contribution in [0.15, 0.2) is 30.6 Å². The summed E-state index contributed by atoms with van der Waals surface area (Å²) in [5.74, 6) is -0.935. The van der Waals surface area contributed by atoms with Crippen molar-refractivity contribution in [3.8, 4) is 16.9 Å². The summed E-state index contributed by atoms with van der Waals surface area (Å²) in [6.45, 7) is 0. The Kier molecular flexibility index (Phi) is 3.35. The molecular weight excluding hydrogens is 313 g/mol. The third kappa shape index (κ3) is 2.54. The Bertz CT molecular complexity index is 764. The van der Waals surface area contributed by atoms with Gasteiger partial charge in [-0.15, -0.1) is 0 Å². The SMILES string of the molecule is COc1ccc(-c2cnn(C3(C(=O)O)CC3)c2)c(C(F)(F)F)c1. The minimum Gasteiger partial charge on any atom is -0.497 e. The Labute approximate surface area is 129 Å². The van der Waals surface area contributed by atoms with Gasteiger partial charge >= 0.3 is 12.1 Å². The normalized spacial score (nSPS) is 16.2. The Hall–Kier alpha value is -2.51. The quantitative estimate of drug-likeness (QED) is 0.937. The van der Waals surface area contributed by atoms with E-state index < -0.39 is 23.2 Å². The molecule has 3 rings (SSSR count). The summed E-state index contributed by atoms with van der Waals surface area (Å²) < 4.78 is 45.8. The maximum atomic E-state index is 13.3. The van der Waals surface area contributed by atoms with Crippen LogP contribution in [0.5, 0.6) is 5.75 Å². The lowest BCUT2D eigenvalue weighted by Crippen LogP contribution is -2.27. The molecule has 5 nitrogen and oxygen atoms in total. The highest BCUT2D eigenvalue weighted by Crippen LogP contribution is 2.45. The molecule has 1 aliphatic carbocycles. The third-order valence-corrected chi connectivity index (χ3v) is 3.99. The van der Waals surface area contributed by atoms with Gasteiger partial charge in [0, 0.05) is 11.8 Å². The van der Waals surface area contributed by atoms with Crippen LogP contribution in [0.4, 0.5) is 13.2 Å². The highest BCUT2D eigenvalue weighted by molar-refractivity contribution is 5.80. The van der Waals surface area contributed by atoms with Crippen molar-refractivity contribution in [1.29, 1.82) is 0 Å². The number of benzene rings is 1. The molecule has 0 spiro atoms. The van der Waals surface area contributed by atoms with Crippen molar-refractivity contribution in [2.75, 3.05) is 7.11 Å². The van der Waals surface area contributed by atoms with Crippen molar-refractivity contribution in [2.45, 2.75) is 24.6 Å². The minimum atomic E-state index is -4.56. The number of alkyl halides is 3. The zero-order chi connectivity index (χ0) is 16.8. The van der Waals surface area contributed by atoms with Gasteiger partial charge in [-0.2, -0.15) is 18.3 Å². The number of aromatic nitrogens is 2. The maximum Gasteiger partial charge on any atom is 0.417 e. The van der Waals surface area contributed by atoms with E-state index in [4.69, 9.17) is 4.74 Å². The monoisotopic (exact) mass is 326 g/mol. The van der Waals surface area contributed by atoms with E-state index in [9.17, 15) is 23.1 Å². The summed E-state index contributed by atoms with van der Waals surface area (Å²) >= 11 is 0. The molecule has 1 aromatic carbocycles. The van der Waals surface area contributed by atoms with Crippen LogP contribution < -0.4 is 4.74 Å². The molecule has 0 bridgehead atoms. The molecule has 2 aromatic rings. The zero-order valence-corrected chi connectivity index (χ0v) is 12.1. The Morgan fingerprint density at radius 1 is 1.39 bits per heavy atom. The molecule has 1 saturated carbocycles. The molecule has 0 amide bonds. The molecule has 1 N–H and O–H groups in total. The van der Waals surface area contributed by atoms with Gasteiger partial charge in [0.1, 0.15) is 5.75 Å². The van der Waals surface area contributed by atoms with Gasteiger partial charge in [0.25, 0.3) is 0 Å². The fourth-order valence-electron chi connectivity index (χ4n) is 2.49. The van der Waals surface area contributed by atoms with Crippen LogP contribution in [-0.4, -0.2) is 28.0 Å². The van der Waals surface area contributed by atoms with E-state index in [1.54, 1.807) is 0 Å². The van der Waals surface area contributed by atoms with Gasteiger partial charge in [-0.3, -0.25) is 4.68 Å². The molecule has 0 unspecified atom stereocenters. The minimum absolute atomic E-state index is 0.0641. The molecule has 1 aliphatic rings. The van der Waals surface area contributed by atoms with Crippen molar-refractivity contribution >= 4 is 5.97 Å². The Morgan fingerprint density at radius 3 is 2.61 bits per heavy atom. The van der Waals surface area contributed by atoms with Gasteiger partial charge in [0.05, 0.1) is 18.9 Å². The fourth-order valence-corrected chi connectivity index (χ4v) is 2.49. The first-order chi connectivity index (χ1) is 10.8. The number of carboxylic acids is 1. The highest BCUT2D eigenvalue weighted by Gasteiger charge is 2.53. The second-order valence-electron chi connectivity index (χ2n) is 5.42. The largest absolute Gasteiger partial charge is 0.497 e. The summed E-state index contributed by atoms with van der Waals surface area (Å²) in [5.41, 5.74) is -1.82. The van der Waals surface area contributed by atoms with E-state index in [-0.39, 0.29) is 16.9 Å². The number of methoxy groups -OCH3 is 1. The summed E-state index contributed by atoms with van der Waals surface area (Å²) in [5, 5.41) is 13.2. The lowest BCUT2D eigenvalue weighted by atomic mass is 10.0. The molecule has 122 valence electrons. The number of rotatable bonds is 4. The van der Waals surface area contributed by atoms with Crippen LogP contribution in [0.3, 0.4) is 0 Å². The molecule has 1 heterocycles. The number of halogens is 3. The number of nitrogens with zero attached hydrogens (tertiary/aromatic N) is 2. The van der Waals surface area contributed by atoms with Crippen LogP contribution in [0.2, 0.25) is 0 Å². The van der Waals surface area contributed by atoms with E-state index >= 15 is 0 Å². The lowest BCUT2D eigenvalue weighted by Gasteiger charge is -2.13. The van der Waals surface area contributed by atoms with Crippen LogP contribution in [0, 0.1) is 0 Å². The lowest BCUT2D eigenvalue weighted by molar-refractivity contribution is -0.143. The Balaban J connectivity index is 2.06. The third-order valence-electron chi connectivity index (χ3n) is 3.99. The van der Waals surface area contributed by atoms with E-state index in [1.165, 1.54) is 36.3 Å². The summed E-state index contributed by atoms with van der Waals surface area (Å²) in [6, 6.07) is 3.63. The van der Waals surface area contributed by atoms with Crippen molar-refractivity contribution in [3.63, 3.8) is 0 Å². The second kappa shape index (κ2) is 5.00. The topological polar surface area (TPSA) is 64.4 Å². The maximum absolute atomic E-state index is 13.3. The smallest absolute Gasteiger partial charge is 0.417 e. The van der Waals surface area contributed by atoms with E-state index in [1.807, 2.05) is 0 Å². The number of hydrogen-bond acceptors (Lipinski definition) is 3. The number of carboxylic acid groups (broad SMARTS) is 1. The van der Waals surface area contributed by atoms with Gasteiger partial charge in [-0.05, 0) is 36.6 Å². The van der Waals surface area contributed by atoms with Gasteiger partial charge in [0.15, 0.2) is 5.54 Å². The van der Waals surface area contributed by atoms with Crippen molar-refractivity contribution in [3.05, 3.63) is 36.2 Å². The van der Waals surface area contributed by atoms with Crippen LogP contribution >= 0.6 is 0 Å². The molecule has 1 aromatic heterocycles. The molecular formula is C15H13F3N2O3. The van der Waals surface area contributed by atoms with Crippen LogP contribution in [-0.2, 0) is 16.5 Å². The van der Waals surface area contributed by atoms with Gasteiger partial charge < -0.3 is 9.84 Å². The first-order valence-electron chi connectivity index (χ1n) is 6.82. The molecule has 0 atom stereocenters. The van der Waals surface area contributed by atoms with E-state index in [0.717, 1.165) is 6.07 Å². The average Bonchev–Trinajstić information content (AvgIpc) is 3.17. The fraction of sp³-hybridized carbons (Fsp3) is 0.333. The van der Waals surface area contributed by atoms with Crippen molar-refractivity contribution in [1.82, 2.24) is 9.78 Å². The first-order valence-corrected chi connectivity index (χ1v) is 6.82. The summed E-state index contributed by atoms with van der Waals surface area (Å²) in [6.07, 6.45) is -1.13. The number of ether oxygens (including phenoxy) is 1. The molecule has 0 saturated heterocycles. The van der Waals surface area contributed by atoms with Crippen molar-refractivity contribution in [2.24, 2.45) is 0 Å². The number of hydrogen-bond donors (Lipinski definition) is 1. The average molecular weight is 326 g/mol. The molecule has 23 heavy (non-hydrogen) atoms. The van der Waals surface area contributed by atoms with Gasteiger partial charge in [-0.25, -0.2) is 4.79 Å². The molecule has 0 aliphatic heterocycles. The van der Waals surface area contributed by atoms with Crippen LogP contribution in [0.25, 0.3) is 11.1 Å². The summed E-state index contributed by atoms with van der Waals surface area (Å²) in [7, 11) is 1.29. The first kappa shape index (κ1) is 15.4. The standard InChI is InChI=1S/C15H13F3N2O3/c1-23-10-2-3-11(12(6-10)15(16,17)18)9-7-19-20(8-9)14(4-5-14)13(21)22/h2-3,6-8H,4-5H2,1H3,(H,21,22). The zero-order valence-electron chi connectivity index (χ0n) is 12.1. The van der Waals surface area contributed by atoms with Crippen molar-refractivity contribution < 1.29 is 27.8 Å². The summed E-state index contributed by atoms with van der Waals surface area (Å²) in [4.78, 5) is 11.3. The predicted octanol–water partition coefficient (Wildman–Crippen LogP) is 3.15. The van der Waals surface area contributed by atoms with Gasteiger partial charge in [0.2, 0.25) is 0 Å². The van der Waals surface area contributed by atoms with E-state index in [2.05, 4.69) is 5.10 Å². The van der Waals surface area contributed by atoms with Gasteiger partial charge in [-0.1, -0.05) is 0 Å². The number of aliphatic carboxylic acids is 1. The van der Waals surface area contributed by atoms with Crippen LogP contribution in [0.1, 0.15) is 18.4 Å².